The molecule has 3 fully saturated rings. The van der Waals surface area contributed by atoms with Gasteiger partial charge in [-0.05, 0) is 43.9 Å². The van der Waals surface area contributed by atoms with Gasteiger partial charge in [-0.15, -0.1) is 0 Å². The number of carbonyl (C=O) groups excluding carboxylic acids is 2. The minimum absolute atomic E-state index is 0.0654. The third-order valence-corrected chi connectivity index (χ3v) is 9.07. The third kappa shape index (κ3) is 3.08. The quantitative estimate of drug-likeness (QED) is 0.739. The van der Waals surface area contributed by atoms with Crippen molar-refractivity contribution in [2.75, 3.05) is 17.6 Å². The summed E-state index contributed by atoms with van der Waals surface area (Å²) in [4.78, 5) is 25.2. The number of rotatable bonds is 7. The van der Waals surface area contributed by atoms with Crippen LogP contribution in [0, 0.1) is 23.7 Å². The van der Waals surface area contributed by atoms with Gasteiger partial charge < -0.3 is 9.84 Å². The van der Waals surface area contributed by atoms with Crippen molar-refractivity contribution in [3.63, 3.8) is 0 Å². The lowest BCUT2D eigenvalue weighted by Crippen LogP contribution is -2.48. The number of hydrogen-bond acceptors (Lipinski definition) is 6. The molecule has 0 radical (unpaired) electrons. The van der Waals surface area contributed by atoms with Gasteiger partial charge in [-0.25, -0.2) is 8.42 Å². The van der Waals surface area contributed by atoms with Crippen LogP contribution in [0.1, 0.15) is 51.7 Å². The van der Waals surface area contributed by atoms with Crippen molar-refractivity contribution in [1.82, 2.24) is 9.46 Å². The average Bonchev–Trinajstić information content (AvgIpc) is 3.27. The van der Waals surface area contributed by atoms with Crippen molar-refractivity contribution in [3.05, 3.63) is 11.8 Å². The number of Topliss-reactive ketones (excluding diaryl/α,β-unsaturated/α-hetero) is 1. The van der Waals surface area contributed by atoms with Crippen molar-refractivity contribution in [1.29, 1.82) is 0 Å². The first-order chi connectivity index (χ1) is 13.0. The molecule has 9 heteroatoms. The van der Waals surface area contributed by atoms with Crippen LogP contribution in [0.2, 0.25) is 0 Å². The van der Waals surface area contributed by atoms with Crippen molar-refractivity contribution < 1.29 is 22.5 Å². The summed E-state index contributed by atoms with van der Waals surface area (Å²) in [5, 5.41) is 6.29. The molecular weight excluding hydrogens is 382 g/mol. The van der Waals surface area contributed by atoms with Crippen LogP contribution in [-0.4, -0.2) is 47.9 Å². The van der Waals surface area contributed by atoms with Gasteiger partial charge in [0.25, 0.3) is 0 Å². The fourth-order valence-electron chi connectivity index (χ4n) is 5.07. The van der Waals surface area contributed by atoms with Gasteiger partial charge in [-0.2, -0.15) is 4.31 Å². The smallest absolute Gasteiger partial charge is 0.240 e. The number of fused-ring (bicyclic) bond motifs is 2. The molecule has 1 heterocycles. The Balaban J connectivity index is 1.52. The maximum Gasteiger partial charge on any atom is 0.240 e. The van der Waals surface area contributed by atoms with Gasteiger partial charge in [0, 0.05) is 23.9 Å². The van der Waals surface area contributed by atoms with Gasteiger partial charge >= 0.3 is 0 Å². The largest absolute Gasteiger partial charge is 0.360 e. The molecule has 4 rings (SSSR count). The highest BCUT2D eigenvalue weighted by molar-refractivity contribution is 7.89. The van der Waals surface area contributed by atoms with Crippen molar-refractivity contribution >= 4 is 27.5 Å². The third-order valence-electron chi connectivity index (χ3n) is 7.07. The molecule has 0 spiro atoms. The van der Waals surface area contributed by atoms with Crippen LogP contribution in [0.5, 0.6) is 0 Å². The first kappa shape index (κ1) is 19.6. The van der Waals surface area contributed by atoms with Gasteiger partial charge in [-0.3, -0.25) is 9.59 Å². The monoisotopic (exact) mass is 409 g/mol. The van der Waals surface area contributed by atoms with Crippen LogP contribution >= 0.6 is 0 Å². The van der Waals surface area contributed by atoms with E-state index in [0.29, 0.717) is 18.6 Å². The Kier molecular flexibility index (Phi) is 4.46. The summed E-state index contributed by atoms with van der Waals surface area (Å²) in [6, 6.07) is 1.41. The summed E-state index contributed by atoms with van der Waals surface area (Å²) < 4.78 is 32.9. The molecular formula is C19H27N3O5S. The van der Waals surface area contributed by atoms with Gasteiger partial charge in [0.15, 0.2) is 5.82 Å². The normalized spacial score (nSPS) is 28.9. The highest BCUT2D eigenvalue weighted by atomic mass is 32.2. The predicted molar refractivity (Wildman–Crippen MR) is 102 cm³/mol. The molecule has 1 N–H and O–H groups in total. The van der Waals surface area contributed by atoms with Crippen molar-refractivity contribution in [3.8, 4) is 0 Å². The summed E-state index contributed by atoms with van der Waals surface area (Å²) >= 11 is 0. The van der Waals surface area contributed by atoms with E-state index in [4.69, 9.17) is 4.52 Å². The topological polar surface area (TPSA) is 110 Å². The molecule has 0 saturated heterocycles. The van der Waals surface area contributed by atoms with E-state index in [1.807, 2.05) is 13.8 Å². The number of anilines is 1. The second-order valence-electron chi connectivity index (χ2n) is 9.07. The Morgan fingerprint density at radius 3 is 2.57 bits per heavy atom. The number of ketones is 1. The van der Waals surface area contributed by atoms with Gasteiger partial charge in [0.2, 0.25) is 15.9 Å². The number of carbonyl (C=O) groups is 2. The molecule has 0 aliphatic heterocycles. The zero-order valence-electron chi connectivity index (χ0n) is 16.5. The van der Waals surface area contributed by atoms with E-state index in [2.05, 4.69) is 10.5 Å². The Morgan fingerprint density at radius 1 is 1.36 bits per heavy atom. The molecule has 2 bridgehead atoms. The zero-order valence-corrected chi connectivity index (χ0v) is 17.3. The summed E-state index contributed by atoms with van der Waals surface area (Å²) in [6.45, 7) is 5.48. The second kappa shape index (κ2) is 6.38. The number of aromatic nitrogens is 1. The number of nitrogens with one attached hydrogen (secondary N) is 1. The van der Waals surface area contributed by atoms with Crippen LogP contribution in [0.3, 0.4) is 0 Å². The molecule has 3 aliphatic carbocycles. The van der Waals surface area contributed by atoms with Gasteiger partial charge in [0.05, 0.1) is 12.3 Å². The fourth-order valence-corrected chi connectivity index (χ4v) is 7.51. The number of sulfonamides is 1. The molecule has 0 aromatic carbocycles. The van der Waals surface area contributed by atoms with E-state index in [9.17, 15) is 18.0 Å². The van der Waals surface area contributed by atoms with E-state index in [0.717, 1.165) is 19.3 Å². The maximum atomic E-state index is 13.3. The number of nitrogens with zero attached hydrogens (tertiary/aromatic N) is 2. The van der Waals surface area contributed by atoms with E-state index >= 15 is 0 Å². The van der Waals surface area contributed by atoms with Crippen LogP contribution in [0.15, 0.2) is 10.6 Å². The minimum atomic E-state index is -3.76. The second-order valence-corrected chi connectivity index (χ2v) is 11.0. The average molecular weight is 410 g/mol. The van der Waals surface area contributed by atoms with Crippen LogP contribution in [0.25, 0.3) is 0 Å². The minimum Gasteiger partial charge on any atom is -0.360 e. The summed E-state index contributed by atoms with van der Waals surface area (Å²) in [5.74, 6) is 0.482. The predicted octanol–water partition coefficient (Wildman–Crippen LogP) is 2.11. The van der Waals surface area contributed by atoms with Gasteiger partial charge in [0.1, 0.15) is 11.5 Å². The molecule has 1 amide bonds. The van der Waals surface area contributed by atoms with Crippen molar-refractivity contribution in [2.45, 2.75) is 58.9 Å². The lowest BCUT2D eigenvalue weighted by atomic mass is 9.70. The summed E-state index contributed by atoms with van der Waals surface area (Å²) in [7, 11) is -3.76. The SMILES string of the molecule is Cc1cc(NC(=O)CN(C2CC2)S(=O)(=O)CC23CCC(CC2=O)C3(C)C)no1. The maximum absolute atomic E-state index is 13.3. The van der Waals surface area contributed by atoms with E-state index in [1.54, 1.807) is 13.0 Å². The zero-order chi connectivity index (χ0) is 20.3. The highest BCUT2D eigenvalue weighted by Crippen LogP contribution is 2.64. The van der Waals surface area contributed by atoms with E-state index in [-0.39, 0.29) is 41.3 Å². The molecule has 1 aromatic rings. The van der Waals surface area contributed by atoms with Crippen LogP contribution < -0.4 is 5.32 Å². The highest BCUT2D eigenvalue weighted by Gasteiger charge is 2.65. The van der Waals surface area contributed by atoms with E-state index in [1.165, 1.54) is 4.31 Å². The molecule has 1 aromatic heterocycles. The fraction of sp³-hybridized carbons (Fsp3) is 0.737. The first-order valence-corrected chi connectivity index (χ1v) is 11.4. The number of aryl methyl sites for hydroxylation is 1. The molecule has 3 saturated carbocycles. The summed E-state index contributed by atoms with van der Waals surface area (Å²) in [6.07, 6.45) is 3.46. The Bertz CT molecular complexity index is 918. The molecule has 2 unspecified atom stereocenters. The molecule has 3 aliphatic rings. The lowest BCUT2D eigenvalue weighted by Gasteiger charge is -2.37. The Morgan fingerprint density at radius 2 is 2.07 bits per heavy atom. The summed E-state index contributed by atoms with van der Waals surface area (Å²) in [5.41, 5.74) is -1.16. The number of hydrogen-bond donors (Lipinski definition) is 1. The molecule has 8 nitrogen and oxygen atoms in total. The van der Waals surface area contributed by atoms with Crippen LogP contribution in [-0.2, 0) is 19.6 Å². The lowest BCUT2D eigenvalue weighted by molar-refractivity contribution is -0.128. The van der Waals surface area contributed by atoms with Gasteiger partial charge in [-0.1, -0.05) is 19.0 Å². The first-order valence-electron chi connectivity index (χ1n) is 9.81. The number of amides is 1. The molecule has 2 atom stereocenters. The Labute approximate surface area is 165 Å². The van der Waals surface area contributed by atoms with E-state index < -0.39 is 21.3 Å². The van der Waals surface area contributed by atoms with Crippen molar-refractivity contribution in [2.24, 2.45) is 16.7 Å². The standard InChI is InChI=1S/C19H27N3O5S/c1-12-8-16(21-27-12)20-17(24)10-22(14-4-5-14)28(25,26)11-19-7-6-13(9-15(19)23)18(19,2)3/h8,13-14H,4-7,9-11H2,1-3H3,(H,20,21,24). The Hall–Kier alpha value is -1.74. The molecule has 154 valence electrons. The van der Waals surface area contributed by atoms with Crippen LogP contribution in [0.4, 0.5) is 5.82 Å². The molecule has 28 heavy (non-hydrogen) atoms.